The van der Waals surface area contributed by atoms with E-state index in [0.717, 1.165) is 6.42 Å². The average molecular weight is 299 g/mol. The third-order valence-electron chi connectivity index (χ3n) is 2.79. The third-order valence-corrected chi connectivity index (χ3v) is 3.40. The monoisotopic (exact) mass is 298 g/mol. The first-order chi connectivity index (χ1) is 9.02. The lowest BCUT2D eigenvalue weighted by Gasteiger charge is -2.10. The number of halogens is 3. The van der Waals surface area contributed by atoms with E-state index < -0.39 is 5.82 Å². The first-order valence-corrected chi connectivity index (χ1v) is 6.77. The Morgan fingerprint density at radius 1 is 1.21 bits per heavy atom. The minimum atomic E-state index is -0.409. The van der Waals surface area contributed by atoms with E-state index in [0.29, 0.717) is 39.2 Å². The molecule has 0 aliphatic heterocycles. The van der Waals surface area contributed by atoms with Crippen molar-refractivity contribution < 1.29 is 4.39 Å². The minimum Gasteiger partial charge on any atom is -0.232 e. The molecule has 0 spiro atoms. The predicted octanol–water partition coefficient (Wildman–Crippen LogP) is 4.85. The molecule has 0 aliphatic rings. The largest absolute Gasteiger partial charge is 0.232 e. The van der Waals surface area contributed by atoms with E-state index in [4.69, 9.17) is 23.2 Å². The second kappa shape index (κ2) is 5.85. The Bertz CT molecular complexity index is 615. The Labute approximate surface area is 121 Å². The molecule has 0 aliphatic carbocycles. The lowest BCUT2D eigenvalue weighted by atomic mass is 10.1. The van der Waals surface area contributed by atoms with Crippen molar-refractivity contribution in [3.8, 4) is 11.3 Å². The van der Waals surface area contributed by atoms with Crippen molar-refractivity contribution in [1.29, 1.82) is 0 Å². The number of hydrogen-bond donors (Lipinski definition) is 0. The topological polar surface area (TPSA) is 25.8 Å². The molecule has 0 N–H and O–H groups in total. The molecular formula is C14H13Cl2FN2. The van der Waals surface area contributed by atoms with E-state index in [2.05, 4.69) is 9.97 Å². The van der Waals surface area contributed by atoms with E-state index in [9.17, 15) is 4.39 Å². The van der Waals surface area contributed by atoms with Gasteiger partial charge in [-0.15, -0.1) is 0 Å². The SMILES string of the molecule is CCCc1nc(Cl)c(C)c(-c2ccc(Cl)cc2F)n1. The summed E-state index contributed by atoms with van der Waals surface area (Å²) in [4.78, 5) is 8.61. The Hall–Kier alpha value is -1.19. The zero-order chi connectivity index (χ0) is 14.0. The van der Waals surface area contributed by atoms with Crippen LogP contribution in [0.5, 0.6) is 0 Å². The smallest absolute Gasteiger partial charge is 0.136 e. The third kappa shape index (κ3) is 3.04. The van der Waals surface area contributed by atoms with Crippen molar-refractivity contribution in [2.75, 3.05) is 0 Å². The molecule has 5 heteroatoms. The molecule has 0 fully saturated rings. The average Bonchev–Trinajstić information content (AvgIpc) is 2.34. The van der Waals surface area contributed by atoms with Gasteiger partial charge in [0.25, 0.3) is 0 Å². The van der Waals surface area contributed by atoms with Crippen LogP contribution in [0.1, 0.15) is 24.7 Å². The molecule has 2 rings (SSSR count). The van der Waals surface area contributed by atoms with Crippen molar-refractivity contribution in [3.05, 3.63) is 45.6 Å². The van der Waals surface area contributed by atoms with E-state index >= 15 is 0 Å². The van der Waals surface area contributed by atoms with Crippen LogP contribution in [-0.2, 0) is 6.42 Å². The second-order valence-electron chi connectivity index (χ2n) is 4.28. The van der Waals surface area contributed by atoms with E-state index in [1.54, 1.807) is 19.1 Å². The van der Waals surface area contributed by atoms with Crippen LogP contribution in [0, 0.1) is 12.7 Å². The Kier molecular flexibility index (Phi) is 4.38. The highest BCUT2D eigenvalue weighted by Crippen LogP contribution is 2.29. The van der Waals surface area contributed by atoms with Crippen molar-refractivity contribution in [3.63, 3.8) is 0 Å². The van der Waals surface area contributed by atoms with Crippen molar-refractivity contribution >= 4 is 23.2 Å². The summed E-state index contributed by atoms with van der Waals surface area (Å²) >= 11 is 11.8. The first-order valence-electron chi connectivity index (χ1n) is 6.01. The summed E-state index contributed by atoms with van der Waals surface area (Å²) in [5.41, 5.74) is 1.59. The van der Waals surface area contributed by atoms with Crippen molar-refractivity contribution in [2.45, 2.75) is 26.7 Å². The Morgan fingerprint density at radius 3 is 2.58 bits per heavy atom. The maximum atomic E-state index is 14.0. The molecule has 19 heavy (non-hydrogen) atoms. The van der Waals surface area contributed by atoms with Crippen LogP contribution in [0.2, 0.25) is 10.2 Å². The summed E-state index contributed by atoms with van der Waals surface area (Å²) in [5.74, 6) is 0.218. The maximum Gasteiger partial charge on any atom is 0.136 e. The van der Waals surface area contributed by atoms with Gasteiger partial charge in [0.1, 0.15) is 16.8 Å². The van der Waals surface area contributed by atoms with Crippen molar-refractivity contribution in [2.24, 2.45) is 0 Å². The molecule has 2 aromatic rings. The summed E-state index contributed by atoms with van der Waals surface area (Å²) in [7, 11) is 0. The maximum absolute atomic E-state index is 14.0. The molecule has 0 bridgehead atoms. The van der Waals surface area contributed by atoms with Crippen LogP contribution in [0.4, 0.5) is 4.39 Å². The van der Waals surface area contributed by atoms with Gasteiger partial charge >= 0.3 is 0 Å². The van der Waals surface area contributed by atoms with Gasteiger partial charge in [0.15, 0.2) is 0 Å². The summed E-state index contributed by atoms with van der Waals surface area (Å²) in [6.45, 7) is 3.81. The molecular weight excluding hydrogens is 286 g/mol. The van der Waals surface area contributed by atoms with Gasteiger partial charge in [0, 0.05) is 22.6 Å². The highest BCUT2D eigenvalue weighted by atomic mass is 35.5. The van der Waals surface area contributed by atoms with Gasteiger partial charge in [-0.3, -0.25) is 0 Å². The van der Waals surface area contributed by atoms with Gasteiger partial charge < -0.3 is 0 Å². The fourth-order valence-electron chi connectivity index (χ4n) is 1.81. The zero-order valence-electron chi connectivity index (χ0n) is 10.7. The number of nitrogens with zero attached hydrogens (tertiary/aromatic N) is 2. The lowest BCUT2D eigenvalue weighted by molar-refractivity contribution is 0.630. The quantitative estimate of drug-likeness (QED) is 0.757. The summed E-state index contributed by atoms with van der Waals surface area (Å²) < 4.78 is 14.0. The number of aryl methyl sites for hydroxylation is 1. The molecule has 1 heterocycles. The standard InChI is InChI=1S/C14H13Cl2FN2/c1-3-4-12-18-13(8(2)14(16)19-12)10-6-5-9(15)7-11(10)17/h5-7H,3-4H2,1-2H3. The molecule has 0 unspecified atom stereocenters. The van der Waals surface area contributed by atoms with Crippen LogP contribution in [-0.4, -0.2) is 9.97 Å². The molecule has 0 saturated carbocycles. The summed E-state index contributed by atoms with van der Waals surface area (Å²) in [6.07, 6.45) is 1.62. The van der Waals surface area contributed by atoms with E-state index in [1.165, 1.54) is 6.07 Å². The summed E-state index contributed by atoms with van der Waals surface area (Å²) in [6, 6.07) is 4.51. The molecule has 1 aromatic carbocycles. The minimum absolute atomic E-state index is 0.354. The Balaban J connectivity index is 2.60. The predicted molar refractivity (Wildman–Crippen MR) is 76.2 cm³/mol. The fraction of sp³-hybridized carbons (Fsp3) is 0.286. The highest BCUT2D eigenvalue weighted by molar-refractivity contribution is 6.31. The van der Waals surface area contributed by atoms with Crippen LogP contribution in [0.25, 0.3) is 11.3 Å². The molecule has 2 nitrogen and oxygen atoms in total. The van der Waals surface area contributed by atoms with Crippen LogP contribution >= 0.6 is 23.2 Å². The van der Waals surface area contributed by atoms with Crippen LogP contribution in [0.15, 0.2) is 18.2 Å². The molecule has 0 saturated heterocycles. The number of rotatable bonds is 3. The van der Waals surface area contributed by atoms with Crippen LogP contribution in [0.3, 0.4) is 0 Å². The number of hydrogen-bond acceptors (Lipinski definition) is 2. The molecule has 0 amide bonds. The number of benzene rings is 1. The van der Waals surface area contributed by atoms with Gasteiger partial charge in [-0.05, 0) is 31.5 Å². The highest BCUT2D eigenvalue weighted by Gasteiger charge is 2.14. The van der Waals surface area contributed by atoms with Gasteiger partial charge in [0.05, 0.1) is 5.69 Å². The molecule has 0 atom stereocenters. The fourth-order valence-corrected chi connectivity index (χ4v) is 2.16. The zero-order valence-corrected chi connectivity index (χ0v) is 12.2. The molecule has 100 valence electrons. The molecule has 1 aromatic heterocycles. The Morgan fingerprint density at radius 2 is 1.95 bits per heavy atom. The molecule has 0 radical (unpaired) electrons. The van der Waals surface area contributed by atoms with Crippen LogP contribution < -0.4 is 0 Å². The normalized spacial score (nSPS) is 10.8. The van der Waals surface area contributed by atoms with E-state index in [1.807, 2.05) is 6.92 Å². The van der Waals surface area contributed by atoms with Gasteiger partial charge in [-0.2, -0.15) is 0 Å². The summed E-state index contributed by atoms with van der Waals surface area (Å²) in [5, 5.41) is 0.718. The van der Waals surface area contributed by atoms with Gasteiger partial charge in [-0.25, -0.2) is 14.4 Å². The second-order valence-corrected chi connectivity index (χ2v) is 5.07. The van der Waals surface area contributed by atoms with Gasteiger partial charge in [-0.1, -0.05) is 30.1 Å². The first kappa shape index (κ1) is 14.2. The lowest BCUT2D eigenvalue weighted by Crippen LogP contribution is -2.01. The van der Waals surface area contributed by atoms with E-state index in [-0.39, 0.29) is 0 Å². The number of aromatic nitrogens is 2. The van der Waals surface area contributed by atoms with Crippen molar-refractivity contribution in [1.82, 2.24) is 9.97 Å². The van der Waals surface area contributed by atoms with Gasteiger partial charge in [0.2, 0.25) is 0 Å².